The second-order valence-electron chi connectivity index (χ2n) is 12.8. The number of esters is 1. The van der Waals surface area contributed by atoms with E-state index < -0.39 is 24.0 Å². The number of carbonyl (C=O) groups excluding carboxylic acids is 3. The first kappa shape index (κ1) is 27.3. The van der Waals surface area contributed by atoms with Gasteiger partial charge in [0, 0.05) is 39.1 Å². The molecule has 2 amide bonds. The molecule has 3 aliphatic rings. The molecule has 46 heavy (non-hydrogen) atoms. The van der Waals surface area contributed by atoms with Gasteiger partial charge in [-0.1, -0.05) is 66.7 Å². The number of fused-ring (bicyclic) bond motifs is 9. The van der Waals surface area contributed by atoms with E-state index in [1.165, 1.54) is 5.56 Å². The number of likely N-dealkylation sites (tertiary alicyclic amines) is 1. The van der Waals surface area contributed by atoms with E-state index in [-0.39, 0.29) is 25.0 Å². The van der Waals surface area contributed by atoms with Crippen molar-refractivity contribution >= 4 is 61.4 Å². The molecule has 0 bridgehead atoms. The van der Waals surface area contributed by atoms with Crippen molar-refractivity contribution in [2.45, 2.75) is 44.7 Å². The number of piperidine rings is 1. The van der Waals surface area contributed by atoms with Crippen LogP contribution in [0.5, 0.6) is 0 Å². The van der Waals surface area contributed by atoms with E-state index in [9.17, 15) is 19.5 Å². The molecule has 5 heterocycles. The van der Waals surface area contributed by atoms with Crippen LogP contribution in [-0.4, -0.2) is 62.2 Å². The summed E-state index contributed by atoms with van der Waals surface area (Å²) in [6.07, 6.45) is -0.422. The molecular weight excluding hydrogens is 580 g/mol. The lowest BCUT2D eigenvalue weighted by atomic mass is 9.96. The fourth-order valence-corrected chi connectivity index (χ4v) is 8.05. The van der Waals surface area contributed by atoms with Gasteiger partial charge in [-0.25, -0.2) is 0 Å². The smallest absolute Gasteiger partial charge is 0.309 e. The van der Waals surface area contributed by atoms with Gasteiger partial charge in [-0.05, 0) is 43.6 Å². The van der Waals surface area contributed by atoms with Gasteiger partial charge < -0.3 is 19.0 Å². The van der Waals surface area contributed by atoms with Crippen LogP contribution in [0, 0.1) is 5.92 Å². The Kier molecular flexibility index (Phi) is 6.10. The number of rotatable bonds is 4. The molecular formula is C37H32N4O5. The molecule has 0 aliphatic carbocycles. The summed E-state index contributed by atoms with van der Waals surface area (Å²) in [6.45, 7) is 2.85. The standard InChI is InChI=1S/C37H32N4O5/c42-27-19-40-25-12-6-4-10-23(25)29-31-32(36(44)38-35(31)43)30-24-11-5-7-13-26(24)41(34(30)33(29)40)20-28(27)46-37(45)22-14-16-39(17-15-22)18-21-8-2-1-3-9-21/h1-13,22,27-28,42H,14-20H2,(H,38,43,44). The number of aromatic nitrogens is 2. The Balaban J connectivity index is 1.13. The normalized spacial score (nSPS) is 20.5. The summed E-state index contributed by atoms with van der Waals surface area (Å²) in [7, 11) is 0. The summed E-state index contributed by atoms with van der Waals surface area (Å²) in [6, 6.07) is 25.9. The highest BCUT2D eigenvalue weighted by Gasteiger charge is 2.39. The third kappa shape index (κ3) is 3.98. The first-order valence-electron chi connectivity index (χ1n) is 16.0. The quantitative estimate of drug-likeness (QED) is 0.215. The molecule has 9 nitrogen and oxygen atoms in total. The van der Waals surface area contributed by atoms with Crippen LogP contribution in [0.25, 0.3) is 43.6 Å². The van der Waals surface area contributed by atoms with E-state index in [2.05, 4.69) is 26.9 Å². The predicted octanol–water partition coefficient (Wildman–Crippen LogP) is 4.98. The van der Waals surface area contributed by atoms with Crippen molar-refractivity contribution in [2.24, 2.45) is 5.92 Å². The zero-order chi connectivity index (χ0) is 31.1. The highest BCUT2D eigenvalue weighted by molar-refractivity contribution is 6.39. The molecule has 230 valence electrons. The third-order valence-electron chi connectivity index (χ3n) is 10.2. The van der Waals surface area contributed by atoms with Gasteiger partial charge in [-0.2, -0.15) is 0 Å². The highest BCUT2D eigenvalue weighted by atomic mass is 16.6. The number of aliphatic hydroxyl groups is 1. The molecule has 0 spiro atoms. The fourth-order valence-electron chi connectivity index (χ4n) is 8.05. The maximum atomic E-state index is 13.7. The molecule has 2 atom stereocenters. The largest absolute Gasteiger partial charge is 0.457 e. The third-order valence-corrected chi connectivity index (χ3v) is 10.2. The first-order valence-corrected chi connectivity index (χ1v) is 16.0. The molecule has 1 saturated heterocycles. The molecule has 2 N–H and O–H groups in total. The van der Waals surface area contributed by atoms with Crippen LogP contribution in [0.2, 0.25) is 0 Å². The van der Waals surface area contributed by atoms with Crippen molar-refractivity contribution in [2.75, 3.05) is 13.1 Å². The van der Waals surface area contributed by atoms with Crippen LogP contribution in [0.15, 0.2) is 78.9 Å². The van der Waals surface area contributed by atoms with Crippen LogP contribution in [-0.2, 0) is 29.2 Å². The molecule has 2 unspecified atom stereocenters. The van der Waals surface area contributed by atoms with E-state index in [4.69, 9.17) is 4.74 Å². The topological polar surface area (TPSA) is 106 Å². The van der Waals surface area contributed by atoms with Crippen molar-refractivity contribution in [1.29, 1.82) is 0 Å². The molecule has 0 radical (unpaired) electrons. The van der Waals surface area contributed by atoms with Crippen molar-refractivity contribution in [1.82, 2.24) is 19.4 Å². The Morgan fingerprint density at radius 2 is 1.30 bits per heavy atom. The van der Waals surface area contributed by atoms with Crippen LogP contribution >= 0.6 is 0 Å². The summed E-state index contributed by atoms with van der Waals surface area (Å²) in [4.78, 5) is 42.8. The van der Waals surface area contributed by atoms with Gasteiger partial charge in [0.25, 0.3) is 11.8 Å². The minimum absolute atomic E-state index is 0.169. The van der Waals surface area contributed by atoms with E-state index in [0.717, 1.165) is 52.5 Å². The number of imide groups is 1. The van der Waals surface area contributed by atoms with Crippen LogP contribution in [0.1, 0.15) is 39.1 Å². The minimum Gasteiger partial charge on any atom is -0.457 e. The Morgan fingerprint density at radius 3 is 1.91 bits per heavy atom. The van der Waals surface area contributed by atoms with Crippen molar-refractivity contribution in [3.8, 4) is 0 Å². The number of nitrogens with one attached hydrogen (secondary N) is 1. The zero-order valence-electron chi connectivity index (χ0n) is 25.1. The monoisotopic (exact) mass is 612 g/mol. The zero-order valence-corrected chi connectivity index (χ0v) is 25.1. The van der Waals surface area contributed by atoms with E-state index in [0.29, 0.717) is 34.7 Å². The summed E-state index contributed by atoms with van der Waals surface area (Å²) >= 11 is 0. The number of carbonyl (C=O) groups is 3. The number of hydrogen-bond donors (Lipinski definition) is 2. The minimum atomic E-state index is -1.01. The second kappa shape index (κ2) is 10.3. The summed E-state index contributed by atoms with van der Waals surface area (Å²) in [5.74, 6) is -1.34. The number of para-hydroxylation sites is 2. The van der Waals surface area contributed by atoms with Gasteiger partial charge in [0.1, 0.15) is 12.2 Å². The SMILES string of the molecule is O=C1NC(=O)c2c1c1c3ccccc3n3c1c1c2c2ccccc2n1CC(OC(=O)C1CCN(Cc2ccccc2)CC1)C(O)C3. The summed E-state index contributed by atoms with van der Waals surface area (Å²) in [5.41, 5.74) is 5.30. The van der Waals surface area contributed by atoms with Gasteiger partial charge in [-0.15, -0.1) is 0 Å². The fraction of sp³-hybridized carbons (Fsp3) is 0.270. The molecule has 0 saturated carbocycles. The van der Waals surface area contributed by atoms with Gasteiger partial charge in [0.15, 0.2) is 0 Å². The number of benzene rings is 4. The molecule has 9 rings (SSSR count). The molecule has 2 aromatic heterocycles. The Bertz CT molecular complexity index is 2240. The molecule has 4 aromatic carbocycles. The highest BCUT2D eigenvalue weighted by Crippen LogP contribution is 2.46. The van der Waals surface area contributed by atoms with E-state index in [1.54, 1.807) is 0 Å². The van der Waals surface area contributed by atoms with Crippen molar-refractivity contribution < 1.29 is 24.2 Å². The average Bonchev–Trinajstić information content (AvgIpc) is 3.67. The average molecular weight is 613 g/mol. The lowest BCUT2D eigenvalue weighted by molar-refractivity contribution is -0.163. The van der Waals surface area contributed by atoms with E-state index in [1.807, 2.05) is 71.3 Å². The Hall–Kier alpha value is -4.99. The molecule has 6 aromatic rings. The van der Waals surface area contributed by atoms with Crippen molar-refractivity contribution in [3.05, 3.63) is 95.6 Å². The van der Waals surface area contributed by atoms with Crippen LogP contribution in [0.4, 0.5) is 0 Å². The predicted molar refractivity (Wildman–Crippen MR) is 175 cm³/mol. The Labute approximate surface area is 263 Å². The van der Waals surface area contributed by atoms with E-state index >= 15 is 0 Å². The lowest BCUT2D eigenvalue weighted by Gasteiger charge is -2.33. The maximum absolute atomic E-state index is 13.7. The summed E-state index contributed by atoms with van der Waals surface area (Å²) in [5, 5.41) is 17.4. The second-order valence-corrected chi connectivity index (χ2v) is 12.8. The van der Waals surface area contributed by atoms with Gasteiger partial charge in [-0.3, -0.25) is 24.6 Å². The molecule has 1 fully saturated rings. The number of nitrogens with zero attached hydrogens (tertiary/aromatic N) is 3. The van der Waals surface area contributed by atoms with Crippen molar-refractivity contribution in [3.63, 3.8) is 0 Å². The van der Waals surface area contributed by atoms with Crippen LogP contribution in [0.3, 0.4) is 0 Å². The number of hydrogen-bond acceptors (Lipinski definition) is 6. The van der Waals surface area contributed by atoms with Gasteiger partial charge >= 0.3 is 5.97 Å². The molecule has 9 heteroatoms. The summed E-state index contributed by atoms with van der Waals surface area (Å²) < 4.78 is 10.3. The maximum Gasteiger partial charge on any atom is 0.309 e. The lowest BCUT2D eigenvalue weighted by Crippen LogP contribution is -2.42. The molecule has 3 aliphatic heterocycles. The number of amides is 2. The Morgan fingerprint density at radius 1 is 0.761 bits per heavy atom. The van der Waals surface area contributed by atoms with Gasteiger partial charge in [0.2, 0.25) is 0 Å². The first-order chi connectivity index (χ1) is 22.5. The van der Waals surface area contributed by atoms with Crippen LogP contribution < -0.4 is 5.32 Å². The van der Waals surface area contributed by atoms with Gasteiger partial charge in [0.05, 0.1) is 41.2 Å². The number of aliphatic hydroxyl groups excluding tert-OH is 1. The number of ether oxygens (including phenoxy) is 1.